The molecule has 0 aliphatic rings. The first-order chi connectivity index (χ1) is 8.31. The van der Waals surface area contributed by atoms with E-state index in [4.69, 9.17) is 0 Å². The summed E-state index contributed by atoms with van der Waals surface area (Å²) in [6.07, 6.45) is 2.25. The average Bonchev–Trinajstić information content (AvgIpc) is 2.95. The van der Waals surface area contributed by atoms with Gasteiger partial charge in [-0.15, -0.1) is 11.3 Å². The Kier molecular flexibility index (Phi) is 5.22. The molecule has 0 aliphatic carbocycles. The van der Waals surface area contributed by atoms with E-state index in [-0.39, 0.29) is 0 Å². The van der Waals surface area contributed by atoms with Crippen LogP contribution < -0.4 is 5.32 Å². The highest BCUT2D eigenvalue weighted by Crippen LogP contribution is 2.30. The van der Waals surface area contributed by atoms with Gasteiger partial charge in [0.1, 0.15) is 0 Å². The summed E-state index contributed by atoms with van der Waals surface area (Å²) >= 11 is 7.23. The lowest BCUT2D eigenvalue weighted by Crippen LogP contribution is -2.23. The maximum absolute atomic E-state index is 3.64. The molecule has 0 saturated heterocycles. The summed E-state index contributed by atoms with van der Waals surface area (Å²) in [6, 6.07) is 4.76. The number of thiophene rings is 2. The SMILES string of the molecule is CCCNC(Cc1cccs1)c1cscc1Br. The van der Waals surface area contributed by atoms with Gasteiger partial charge in [0.2, 0.25) is 0 Å². The minimum Gasteiger partial charge on any atom is -0.310 e. The molecule has 2 heterocycles. The highest BCUT2D eigenvalue weighted by atomic mass is 79.9. The van der Waals surface area contributed by atoms with Crippen molar-refractivity contribution < 1.29 is 0 Å². The van der Waals surface area contributed by atoms with Crippen LogP contribution in [0.4, 0.5) is 0 Å². The van der Waals surface area contributed by atoms with Gasteiger partial charge in [-0.25, -0.2) is 0 Å². The Labute approximate surface area is 119 Å². The lowest BCUT2D eigenvalue weighted by Gasteiger charge is -2.17. The molecular formula is C13H16BrNS2. The third-order valence-electron chi connectivity index (χ3n) is 2.64. The van der Waals surface area contributed by atoms with Crippen LogP contribution in [0.5, 0.6) is 0 Å². The zero-order valence-electron chi connectivity index (χ0n) is 9.78. The average molecular weight is 330 g/mol. The number of hydrogen-bond donors (Lipinski definition) is 1. The molecule has 0 radical (unpaired) electrons. The van der Waals surface area contributed by atoms with Crippen LogP contribution in [0.2, 0.25) is 0 Å². The van der Waals surface area contributed by atoms with Crippen molar-refractivity contribution in [2.45, 2.75) is 25.8 Å². The van der Waals surface area contributed by atoms with Crippen molar-refractivity contribution in [3.63, 3.8) is 0 Å². The van der Waals surface area contributed by atoms with E-state index in [1.54, 1.807) is 11.3 Å². The third kappa shape index (κ3) is 3.65. The van der Waals surface area contributed by atoms with Crippen molar-refractivity contribution in [3.8, 4) is 0 Å². The predicted molar refractivity (Wildman–Crippen MR) is 81.1 cm³/mol. The summed E-state index contributed by atoms with van der Waals surface area (Å²) in [5, 5.41) is 10.2. The van der Waals surface area contributed by atoms with Crippen LogP contribution >= 0.6 is 38.6 Å². The van der Waals surface area contributed by atoms with Gasteiger partial charge >= 0.3 is 0 Å². The van der Waals surface area contributed by atoms with Crippen LogP contribution in [-0.4, -0.2) is 6.54 Å². The normalized spacial score (nSPS) is 12.8. The minimum atomic E-state index is 0.425. The van der Waals surface area contributed by atoms with Crippen LogP contribution in [0.25, 0.3) is 0 Å². The fraction of sp³-hybridized carbons (Fsp3) is 0.385. The van der Waals surface area contributed by atoms with E-state index < -0.39 is 0 Å². The van der Waals surface area contributed by atoms with Crippen LogP contribution in [-0.2, 0) is 6.42 Å². The number of nitrogens with one attached hydrogen (secondary N) is 1. The number of hydrogen-bond acceptors (Lipinski definition) is 3. The van der Waals surface area contributed by atoms with Crippen LogP contribution in [0.3, 0.4) is 0 Å². The summed E-state index contributed by atoms with van der Waals surface area (Å²) in [6.45, 7) is 3.27. The van der Waals surface area contributed by atoms with Gasteiger partial charge in [0, 0.05) is 27.2 Å². The van der Waals surface area contributed by atoms with Gasteiger partial charge in [0.15, 0.2) is 0 Å². The molecule has 1 nitrogen and oxygen atoms in total. The Balaban J connectivity index is 2.11. The largest absolute Gasteiger partial charge is 0.310 e. The zero-order chi connectivity index (χ0) is 12.1. The van der Waals surface area contributed by atoms with E-state index in [1.165, 1.54) is 21.3 Å². The smallest absolute Gasteiger partial charge is 0.0388 e. The highest BCUT2D eigenvalue weighted by Gasteiger charge is 2.15. The van der Waals surface area contributed by atoms with E-state index in [9.17, 15) is 0 Å². The van der Waals surface area contributed by atoms with Gasteiger partial charge in [-0.05, 0) is 51.3 Å². The van der Waals surface area contributed by atoms with Crippen molar-refractivity contribution >= 4 is 38.6 Å². The Morgan fingerprint density at radius 3 is 2.88 bits per heavy atom. The molecule has 2 rings (SSSR count). The second-order valence-corrected chi connectivity index (χ2v) is 6.60. The fourth-order valence-corrected chi connectivity index (χ4v) is 4.16. The van der Waals surface area contributed by atoms with Crippen molar-refractivity contribution in [2.75, 3.05) is 6.54 Å². The molecule has 0 aromatic carbocycles. The fourth-order valence-electron chi connectivity index (χ4n) is 1.78. The quantitative estimate of drug-likeness (QED) is 0.798. The molecule has 0 aliphatic heterocycles. The maximum atomic E-state index is 3.64. The number of rotatable bonds is 6. The first-order valence-electron chi connectivity index (χ1n) is 5.78. The van der Waals surface area contributed by atoms with Crippen molar-refractivity contribution in [3.05, 3.63) is 43.2 Å². The lowest BCUT2D eigenvalue weighted by atomic mass is 10.1. The van der Waals surface area contributed by atoms with Gasteiger partial charge < -0.3 is 5.32 Å². The summed E-state index contributed by atoms with van der Waals surface area (Å²) < 4.78 is 1.23. The zero-order valence-corrected chi connectivity index (χ0v) is 13.0. The molecule has 92 valence electrons. The minimum absolute atomic E-state index is 0.425. The predicted octanol–water partition coefficient (Wildman–Crippen LogP) is 4.86. The molecule has 1 unspecified atom stereocenters. The van der Waals surface area contributed by atoms with E-state index in [0.717, 1.165) is 13.0 Å². The molecule has 0 amide bonds. The van der Waals surface area contributed by atoms with Crippen molar-refractivity contribution in [1.82, 2.24) is 5.32 Å². The molecule has 0 bridgehead atoms. The second kappa shape index (κ2) is 6.69. The topological polar surface area (TPSA) is 12.0 Å². The summed E-state index contributed by atoms with van der Waals surface area (Å²) in [5.74, 6) is 0. The maximum Gasteiger partial charge on any atom is 0.0388 e. The van der Waals surface area contributed by atoms with Gasteiger partial charge in [-0.1, -0.05) is 13.0 Å². The van der Waals surface area contributed by atoms with Gasteiger partial charge in [0.05, 0.1) is 0 Å². The second-order valence-electron chi connectivity index (χ2n) is 3.97. The van der Waals surface area contributed by atoms with E-state index >= 15 is 0 Å². The Morgan fingerprint density at radius 1 is 1.41 bits per heavy atom. The summed E-state index contributed by atoms with van der Waals surface area (Å²) in [5.41, 5.74) is 1.39. The van der Waals surface area contributed by atoms with E-state index in [0.29, 0.717) is 6.04 Å². The molecule has 1 atom stereocenters. The van der Waals surface area contributed by atoms with Crippen molar-refractivity contribution in [2.24, 2.45) is 0 Å². The molecule has 0 spiro atoms. The molecule has 2 aromatic rings. The lowest BCUT2D eigenvalue weighted by molar-refractivity contribution is 0.532. The molecule has 2 aromatic heterocycles. The molecule has 4 heteroatoms. The molecular weight excluding hydrogens is 314 g/mol. The Bertz CT molecular complexity index is 436. The molecule has 0 fully saturated rings. The first-order valence-corrected chi connectivity index (χ1v) is 8.40. The van der Waals surface area contributed by atoms with Gasteiger partial charge in [-0.2, -0.15) is 11.3 Å². The van der Waals surface area contributed by atoms with Crippen LogP contribution in [0.1, 0.15) is 29.8 Å². The van der Waals surface area contributed by atoms with Crippen LogP contribution in [0, 0.1) is 0 Å². The number of halogens is 1. The van der Waals surface area contributed by atoms with Crippen molar-refractivity contribution in [1.29, 1.82) is 0 Å². The molecule has 1 N–H and O–H groups in total. The summed E-state index contributed by atoms with van der Waals surface area (Å²) in [4.78, 5) is 1.44. The van der Waals surface area contributed by atoms with Gasteiger partial charge in [0.25, 0.3) is 0 Å². The van der Waals surface area contributed by atoms with E-state index in [2.05, 4.69) is 56.4 Å². The first kappa shape index (κ1) is 13.3. The molecule has 0 saturated carbocycles. The standard InChI is InChI=1S/C13H16BrNS2/c1-2-5-15-13(7-10-4-3-6-17-10)11-8-16-9-12(11)14/h3-4,6,8-9,13,15H,2,5,7H2,1H3. The van der Waals surface area contributed by atoms with Gasteiger partial charge in [-0.3, -0.25) is 0 Å². The third-order valence-corrected chi connectivity index (χ3v) is 5.29. The Morgan fingerprint density at radius 2 is 2.29 bits per heavy atom. The van der Waals surface area contributed by atoms with E-state index in [1.807, 2.05) is 11.3 Å². The molecule has 17 heavy (non-hydrogen) atoms. The monoisotopic (exact) mass is 329 g/mol. The highest BCUT2D eigenvalue weighted by molar-refractivity contribution is 9.10. The Hall–Kier alpha value is -0.160. The van der Waals surface area contributed by atoms with Crippen LogP contribution in [0.15, 0.2) is 32.7 Å². The summed E-state index contributed by atoms with van der Waals surface area (Å²) in [7, 11) is 0.